The first-order valence-electron chi connectivity index (χ1n) is 7.51. The maximum atomic E-state index is 12.4. The van der Waals surface area contributed by atoms with E-state index in [9.17, 15) is 9.59 Å². The van der Waals surface area contributed by atoms with Crippen molar-refractivity contribution >= 4 is 23.2 Å². The van der Waals surface area contributed by atoms with Gasteiger partial charge in [0.05, 0.1) is 17.5 Å². The molecule has 0 saturated heterocycles. The Morgan fingerprint density at radius 2 is 2.09 bits per heavy atom. The third kappa shape index (κ3) is 3.53. The minimum Gasteiger partial charge on any atom is -0.493 e. The molecule has 6 heteroatoms. The van der Waals surface area contributed by atoms with Gasteiger partial charge in [-0.3, -0.25) is 9.59 Å². The maximum absolute atomic E-state index is 12.4. The minimum absolute atomic E-state index is 0.0893. The largest absolute Gasteiger partial charge is 0.493 e. The molecule has 3 rings (SSSR count). The highest BCUT2D eigenvalue weighted by Crippen LogP contribution is 2.31. The number of ether oxygens (including phenoxy) is 1. The third-order valence-corrected chi connectivity index (χ3v) is 4.63. The van der Waals surface area contributed by atoms with Crippen molar-refractivity contribution < 1.29 is 14.3 Å². The lowest BCUT2D eigenvalue weighted by Gasteiger charge is -2.27. The van der Waals surface area contributed by atoms with E-state index in [2.05, 4.69) is 10.6 Å². The summed E-state index contributed by atoms with van der Waals surface area (Å²) in [6.07, 6.45) is 0.717. The van der Waals surface area contributed by atoms with E-state index < -0.39 is 6.04 Å². The van der Waals surface area contributed by atoms with Crippen LogP contribution in [-0.4, -0.2) is 24.5 Å². The summed E-state index contributed by atoms with van der Waals surface area (Å²) in [5.74, 6) is 0.381. The summed E-state index contributed by atoms with van der Waals surface area (Å²) in [4.78, 5) is 25.0. The number of carbonyl (C=O) groups excluding carboxylic acids is 2. The van der Waals surface area contributed by atoms with E-state index in [-0.39, 0.29) is 17.9 Å². The second-order valence-electron chi connectivity index (χ2n) is 5.41. The van der Waals surface area contributed by atoms with Gasteiger partial charge < -0.3 is 15.4 Å². The molecule has 5 nitrogen and oxygen atoms in total. The first-order valence-corrected chi connectivity index (χ1v) is 8.39. The average molecular weight is 330 g/mol. The first kappa shape index (κ1) is 15.6. The number of hydrogen-bond donors (Lipinski definition) is 2. The van der Waals surface area contributed by atoms with Crippen molar-refractivity contribution in [3.63, 3.8) is 0 Å². The summed E-state index contributed by atoms with van der Waals surface area (Å²) in [5, 5.41) is 7.55. The van der Waals surface area contributed by atoms with E-state index in [1.54, 1.807) is 13.0 Å². The number of para-hydroxylation sites is 1. The number of hydrogen-bond acceptors (Lipinski definition) is 4. The van der Waals surface area contributed by atoms with Gasteiger partial charge in [0.2, 0.25) is 5.91 Å². The quantitative estimate of drug-likeness (QED) is 0.905. The topological polar surface area (TPSA) is 67.4 Å². The van der Waals surface area contributed by atoms with Gasteiger partial charge in [0.15, 0.2) is 0 Å². The van der Waals surface area contributed by atoms with E-state index in [1.165, 1.54) is 11.3 Å². The van der Waals surface area contributed by atoms with Crippen molar-refractivity contribution in [3.05, 3.63) is 52.2 Å². The molecule has 1 aromatic carbocycles. The molecular weight excluding hydrogens is 312 g/mol. The Hall–Kier alpha value is -2.34. The normalized spacial score (nSPS) is 17.5. The van der Waals surface area contributed by atoms with Crippen LogP contribution in [0.4, 0.5) is 0 Å². The van der Waals surface area contributed by atoms with Gasteiger partial charge in [0, 0.05) is 12.0 Å². The number of thiophene rings is 1. The van der Waals surface area contributed by atoms with Crippen molar-refractivity contribution in [1.82, 2.24) is 10.6 Å². The zero-order valence-electron chi connectivity index (χ0n) is 12.7. The molecule has 2 amide bonds. The lowest BCUT2D eigenvalue weighted by molar-refractivity contribution is -0.123. The minimum atomic E-state index is -0.598. The molecule has 2 aromatic rings. The van der Waals surface area contributed by atoms with Crippen molar-refractivity contribution in [1.29, 1.82) is 0 Å². The molecule has 2 atom stereocenters. The fourth-order valence-electron chi connectivity index (χ4n) is 2.53. The molecule has 2 N–H and O–H groups in total. The second kappa shape index (κ2) is 6.83. The fraction of sp³-hybridized carbons (Fsp3) is 0.294. The van der Waals surface area contributed by atoms with Gasteiger partial charge in [-0.1, -0.05) is 24.3 Å². The molecule has 0 fully saturated rings. The molecule has 2 heterocycles. The highest BCUT2D eigenvalue weighted by Gasteiger charge is 2.25. The number of rotatable bonds is 4. The molecule has 23 heavy (non-hydrogen) atoms. The maximum Gasteiger partial charge on any atom is 0.261 e. The van der Waals surface area contributed by atoms with Crippen LogP contribution in [0, 0.1) is 0 Å². The van der Waals surface area contributed by atoms with Crippen molar-refractivity contribution in [2.45, 2.75) is 25.4 Å². The van der Waals surface area contributed by atoms with Gasteiger partial charge in [0.1, 0.15) is 11.8 Å². The summed E-state index contributed by atoms with van der Waals surface area (Å²) in [6, 6.07) is 10.5. The molecule has 1 aromatic heterocycles. The zero-order chi connectivity index (χ0) is 16.2. The third-order valence-electron chi connectivity index (χ3n) is 3.76. The van der Waals surface area contributed by atoms with Crippen molar-refractivity contribution in [2.24, 2.45) is 0 Å². The predicted molar refractivity (Wildman–Crippen MR) is 88.7 cm³/mol. The van der Waals surface area contributed by atoms with Crippen LogP contribution in [0.25, 0.3) is 0 Å². The molecule has 0 aliphatic carbocycles. The zero-order valence-corrected chi connectivity index (χ0v) is 13.6. The van der Waals surface area contributed by atoms with Gasteiger partial charge in [-0.15, -0.1) is 11.3 Å². The van der Waals surface area contributed by atoms with Crippen molar-refractivity contribution in [3.8, 4) is 5.75 Å². The summed E-state index contributed by atoms with van der Waals surface area (Å²) in [6.45, 7) is 2.25. The second-order valence-corrected chi connectivity index (χ2v) is 6.36. The number of nitrogens with one attached hydrogen (secondary N) is 2. The Morgan fingerprint density at radius 3 is 2.87 bits per heavy atom. The van der Waals surface area contributed by atoms with Gasteiger partial charge in [-0.2, -0.15) is 0 Å². The van der Waals surface area contributed by atoms with Gasteiger partial charge in [0.25, 0.3) is 5.91 Å². The standard InChI is InChI=1S/C17H18N2O3S/c1-11(18-17(21)15-7-4-10-23-15)16(20)19-13-8-9-22-14-6-3-2-5-12(13)14/h2-7,10-11,13H,8-9H2,1H3,(H,18,21)(H,19,20)/t11-,13+/m0/s1. The number of amides is 2. The molecule has 0 bridgehead atoms. The van der Waals surface area contributed by atoms with Crippen LogP contribution in [0.3, 0.4) is 0 Å². The van der Waals surface area contributed by atoms with Crippen LogP contribution in [0.15, 0.2) is 41.8 Å². The summed E-state index contributed by atoms with van der Waals surface area (Å²) >= 11 is 1.35. The molecular formula is C17H18N2O3S. The lowest BCUT2D eigenvalue weighted by Crippen LogP contribution is -2.46. The Balaban J connectivity index is 1.62. The molecule has 0 spiro atoms. The van der Waals surface area contributed by atoms with Gasteiger partial charge in [-0.05, 0) is 24.4 Å². The van der Waals surface area contributed by atoms with Crippen molar-refractivity contribution in [2.75, 3.05) is 6.61 Å². The monoisotopic (exact) mass is 330 g/mol. The molecule has 0 saturated carbocycles. The SMILES string of the molecule is C[C@H](NC(=O)c1cccs1)C(=O)N[C@@H]1CCOc2ccccc21. The van der Waals surface area contributed by atoms with E-state index in [1.807, 2.05) is 35.7 Å². The number of carbonyl (C=O) groups is 2. The molecule has 1 aliphatic rings. The summed E-state index contributed by atoms with van der Waals surface area (Å²) < 4.78 is 5.59. The molecule has 0 unspecified atom stereocenters. The van der Waals surface area contributed by atoms with E-state index in [4.69, 9.17) is 4.74 Å². The van der Waals surface area contributed by atoms with Gasteiger partial charge >= 0.3 is 0 Å². The Labute approximate surface area is 138 Å². The van der Waals surface area contributed by atoms with Crippen LogP contribution in [0.5, 0.6) is 5.75 Å². The van der Waals surface area contributed by atoms with E-state index in [0.717, 1.165) is 11.3 Å². The average Bonchev–Trinajstić information content (AvgIpc) is 3.09. The van der Waals surface area contributed by atoms with E-state index in [0.29, 0.717) is 17.9 Å². The highest BCUT2D eigenvalue weighted by molar-refractivity contribution is 7.12. The van der Waals surface area contributed by atoms with Crippen LogP contribution < -0.4 is 15.4 Å². The Bertz CT molecular complexity index is 700. The summed E-state index contributed by atoms with van der Waals surface area (Å²) in [7, 11) is 0. The highest BCUT2D eigenvalue weighted by atomic mass is 32.1. The smallest absolute Gasteiger partial charge is 0.261 e. The van der Waals surface area contributed by atoms with E-state index >= 15 is 0 Å². The molecule has 0 radical (unpaired) electrons. The predicted octanol–water partition coefficient (Wildman–Crippen LogP) is 2.51. The number of fused-ring (bicyclic) bond motifs is 1. The Morgan fingerprint density at radius 1 is 1.26 bits per heavy atom. The molecule has 120 valence electrons. The first-order chi connectivity index (χ1) is 11.1. The van der Waals surface area contributed by atoms with Crippen LogP contribution in [0.1, 0.15) is 34.6 Å². The van der Waals surface area contributed by atoms with Crippen LogP contribution in [-0.2, 0) is 4.79 Å². The lowest BCUT2D eigenvalue weighted by atomic mass is 10.0. The Kier molecular flexibility index (Phi) is 4.62. The summed E-state index contributed by atoms with van der Waals surface area (Å²) in [5.41, 5.74) is 0.976. The fourth-order valence-corrected chi connectivity index (χ4v) is 3.16. The number of benzene rings is 1. The van der Waals surface area contributed by atoms with Crippen LogP contribution in [0.2, 0.25) is 0 Å². The van der Waals surface area contributed by atoms with Crippen LogP contribution >= 0.6 is 11.3 Å². The van der Waals surface area contributed by atoms with Gasteiger partial charge in [-0.25, -0.2) is 0 Å². The molecule has 1 aliphatic heterocycles.